The van der Waals surface area contributed by atoms with Gasteiger partial charge in [0.2, 0.25) is 5.91 Å². The zero-order valence-corrected chi connectivity index (χ0v) is 17.0. The Kier molecular flexibility index (Phi) is 4.55. The number of hydrogen-bond donors (Lipinski definition) is 0. The highest BCUT2D eigenvalue weighted by Gasteiger charge is 2.31. The summed E-state index contributed by atoms with van der Waals surface area (Å²) in [5.41, 5.74) is 3.66. The summed E-state index contributed by atoms with van der Waals surface area (Å²) in [7, 11) is 0. The first-order valence-corrected chi connectivity index (χ1v) is 11.0. The van der Waals surface area contributed by atoms with Crippen LogP contribution in [0.4, 0.5) is 5.69 Å². The topological polar surface area (TPSA) is 36.4 Å². The van der Waals surface area contributed by atoms with Gasteiger partial charge < -0.3 is 9.80 Å². The number of anilines is 1. The number of para-hydroxylation sites is 2. The van der Waals surface area contributed by atoms with E-state index in [0.29, 0.717) is 18.5 Å². The summed E-state index contributed by atoms with van der Waals surface area (Å²) in [5.74, 6) is 0.604. The molecule has 0 bridgehead atoms. The number of fused-ring (bicyclic) bond motifs is 2. The van der Waals surface area contributed by atoms with E-state index in [1.807, 2.05) is 6.07 Å². The van der Waals surface area contributed by atoms with Crippen LogP contribution in [0.5, 0.6) is 0 Å². The molecule has 1 saturated heterocycles. The predicted molar refractivity (Wildman–Crippen MR) is 115 cm³/mol. The molecule has 3 heterocycles. The van der Waals surface area contributed by atoms with Gasteiger partial charge in [0.15, 0.2) is 0 Å². The Balaban J connectivity index is 1.30. The fraction of sp³-hybridized carbons (Fsp3) is 0.391. The molecule has 2 aliphatic heterocycles. The molecule has 0 aliphatic carbocycles. The maximum Gasteiger partial charge on any atom is 0.242 e. The molecule has 2 atom stereocenters. The Hall–Kier alpha value is -2.40. The number of benzene rings is 2. The number of carbonyl (C=O) groups excluding carboxylic acids is 1. The number of rotatable bonds is 3. The van der Waals surface area contributed by atoms with Crippen LogP contribution >= 0.6 is 11.3 Å². The Morgan fingerprint density at radius 2 is 2.00 bits per heavy atom. The Labute approximate surface area is 169 Å². The minimum absolute atomic E-state index is 0.245. The summed E-state index contributed by atoms with van der Waals surface area (Å²) < 4.78 is 1.24. The molecule has 144 valence electrons. The molecule has 4 nitrogen and oxygen atoms in total. The second-order valence-corrected chi connectivity index (χ2v) is 9.07. The average Bonchev–Trinajstić information content (AvgIpc) is 3.29. The van der Waals surface area contributed by atoms with E-state index >= 15 is 0 Å². The van der Waals surface area contributed by atoms with Crippen molar-refractivity contribution < 1.29 is 4.79 Å². The second-order valence-electron chi connectivity index (χ2n) is 8.01. The number of piperidine rings is 1. The molecule has 0 radical (unpaired) electrons. The van der Waals surface area contributed by atoms with Gasteiger partial charge in [-0.3, -0.25) is 4.79 Å². The van der Waals surface area contributed by atoms with Gasteiger partial charge in [-0.1, -0.05) is 30.3 Å². The zero-order valence-electron chi connectivity index (χ0n) is 16.2. The van der Waals surface area contributed by atoms with Crippen molar-refractivity contribution in [3.05, 3.63) is 59.1 Å². The molecule has 0 saturated carbocycles. The normalized spacial score (nSPS) is 21.9. The van der Waals surface area contributed by atoms with Gasteiger partial charge in [0.1, 0.15) is 0 Å². The molecule has 2 aromatic carbocycles. The lowest BCUT2D eigenvalue weighted by Gasteiger charge is -2.34. The fourth-order valence-electron chi connectivity index (χ4n) is 4.59. The lowest BCUT2D eigenvalue weighted by atomic mass is 9.98. The predicted octanol–water partition coefficient (Wildman–Crippen LogP) is 4.45. The van der Waals surface area contributed by atoms with Gasteiger partial charge in [-0.25, -0.2) is 4.98 Å². The van der Waals surface area contributed by atoms with Gasteiger partial charge in [-0.2, -0.15) is 0 Å². The molecule has 1 amide bonds. The fourth-order valence-corrected chi connectivity index (χ4v) is 5.68. The largest absolute Gasteiger partial charge is 0.359 e. The summed E-state index contributed by atoms with van der Waals surface area (Å²) in [6.07, 6.45) is 3.20. The number of likely N-dealkylation sites (tertiary alicyclic amines) is 1. The zero-order chi connectivity index (χ0) is 19.1. The van der Waals surface area contributed by atoms with Crippen LogP contribution < -0.4 is 4.90 Å². The summed E-state index contributed by atoms with van der Waals surface area (Å²) in [5, 5.41) is 1.18. The van der Waals surface area contributed by atoms with Gasteiger partial charge in [-0.15, -0.1) is 11.3 Å². The summed E-state index contributed by atoms with van der Waals surface area (Å²) in [4.78, 5) is 22.3. The van der Waals surface area contributed by atoms with Crippen LogP contribution in [-0.4, -0.2) is 41.5 Å². The van der Waals surface area contributed by atoms with Crippen LogP contribution in [0, 0.1) is 0 Å². The summed E-state index contributed by atoms with van der Waals surface area (Å²) >= 11 is 1.78. The lowest BCUT2D eigenvalue weighted by molar-refractivity contribution is -0.131. The Morgan fingerprint density at radius 3 is 2.89 bits per heavy atom. The molecule has 0 N–H and O–H groups in total. The average molecular weight is 392 g/mol. The molecule has 2 aliphatic rings. The highest BCUT2D eigenvalue weighted by atomic mass is 32.1. The number of thiazole rings is 1. The number of nitrogens with zero attached hydrogens (tertiary/aromatic N) is 3. The van der Waals surface area contributed by atoms with Crippen LogP contribution in [0.2, 0.25) is 0 Å². The molecule has 0 unspecified atom stereocenters. The number of amides is 1. The first-order valence-electron chi connectivity index (χ1n) is 10.2. The Morgan fingerprint density at radius 1 is 1.18 bits per heavy atom. The van der Waals surface area contributed by atoms with E-state index in [1.165, 1.54) is 21.0 Å². The molecule has 5 heteroatoms. The minimum Gasteiger partial charge on any atom is -0.359 e. The van der Waals surface area contributed by atoms with E-state index in [1.54, 1.807) is 11.3 Å². The SMILES string of the molecule is C[C@H]1Cc2ccccc2N1CC(=O)N1CCC[C@H](c2nc3ccccc3s2)C1. The number of carbonyl (C=O) groups is 1. The maximum atomic E-state index is 13.1. The first-order chi connectivity index (χ1) is 13.7. The highest BCUT2D eigenvalue weighted by molar-refractivity contribution is 7.18. The van der Waals surface area contributed by atoms with E-state index in [-0.39, 0.29) is 5.91 Å². The van der Waals surface area contributed by atoms with Crippen molar-refractivity contribution in [1.82, 2.24) is 9.88 Å². The summed E-state index contributed by atoms with van der Waals surface area (Å²) in [6, 6.07) is 17.2. The van der Waals surface area contributed by atoms with Crippen molar-refractivity contribution >= 4 is 33.1 Å². The van der Waals surface area contributed by atoms with Gasteiger partial charge in [-0.05, 0) is 49.9 Å². The van der Waals surface area contributed by atoms with Gasteiger partial charge in [0.25, 0.3) is 0 Å². The summed E-state index contributed by atoms with van der Waals surface area (Å²) in [6.45, 7) is 4.35. The third-order valence-electron chi connectivity index (χ3n) is 6.09. The number of aromatic nitrogens is 1. The first kappa shape index (κ1) is 17.7. The van der Waals surface area contributed by atoms with E-state index in [9.17, 15) is 4.79 Å². The van der Waals surface area contributed by atoms with Crippen LogP contribution in [0.25, 0.3) is 10.2 Å². The van der Waals surface area contributed by atoms with Crippen LogP contribution in [0.15, 0.2) is 48.5 Å². The van der Waals surface area contributed by atoms with E-state index in [0.717, 1.165) is 37.9 Å². The third kappa shape index (κ3) is 3.18. The van der Waals surface area contributed by atoms with Crippen LogP contribution in [0.1, 0.15) is 36.3 Å². The van der Waals surface area contributed by atoms with Gasteiger partial charge in [0.05, 0.1) is 21.8 Å². The highest BCUT2D eigenvalue weighted by Crippen LogP contribution is 2.34. The lowest BCUT2D eigenvalue weighted by Crippen LogP contribution is -2.46. The van der Waals surface area contributed by atoms with Crippen molar-refractivity contribution in [3.8, 4) is 0 Å². The standard InChI is InChI=1S/C23H25N3OS/c1-16-13-17-7-2-4-10-20(17)26(16)15-22(27)25-12-6-8-18(14-25)23-24-19-9-3-5-11-21(19)28-23/h2-5,7,9-11,16,18H,6,8,12-15H2,1H3/t16-,18-/m0/s1. The second kappa shape index (κ2) is 7.21. The van der Waals surface area contributed by atoms with Crippen LogP contribution in [0.3, 0.4) is 0 Å². The van der Waals surface area contributed by atoms with Gasteiger partial charge >= 0.3 is 0 Å². The molecule has 0 spiro atoms. The molecule has 5 rings (SSSR count). The number of hydrogen-bond acceptors (Lipinski definition) is 4. The monoisotopic (exact) mass is 391 g/mol. The van der Waals surface area contributed by atoms with E-state index in [4.69, 9.17) is 4.98 Å². The molecular formula is C23H25N3OS. The molecule has 1 aromatic heterocycles. The van der Waals surface area contributed by atoms with Gasteiger partial charge in [0, 0.05) is 30.7 Å². The van der Waals surface area contributed by atoms with Crippen molar-refractivity contribution in [2.45, 2.75) is 38.1 Å². The van der Waals surface area contributed by atoms with E-state index in [2.05, 4.69) is 59.2 Å². The molecule has 3 aromatic rings. The maximum absolute atomic E-state index is 13.1. The molecule has 28 heavy (non-hydrogen) atoms. The minimum atomic E-state index is 0.245. The quantitative estimate of drug-likeness (QED) is 0.662. The molecule has 1 fully saturated rings. The van der Waals surface area contributed by atoms with Crippen molar-refractivity contribution in [1.29, 1.82) is 0 Å². The van der Waals surface area contributed by atoms with E-state index < -0.39 is 0 Å². The van der Waals surface area contributed by atoms with Crippen LogP contribution in [-0.2, 0) is 11.2 Å². The van der Waals surface area contributed by atoms with Crippen molar-refractivity contribution in [3.63, 3.8) is 0 Å². The smallest absolute Gasteiger partial charge is 0.242 e. The van der Waals surface area contributed by atoms with Crippen molar-refractivity contribution in [2.24, 2.45) is 0 Å². The third-order valence-corrected chi connectivity index (χ3v) is 7.29. The van der Waals surface area contributed by atoms with Crippen molar-refractivity contribution in [2.75, 3.05) is 24.5 Å². The molecular weight excluding hydrogens is 366 g/mol. The Bertz CT molecular complexity index is 981.